The van der Waals surface area contributed by atoms with E-state index in [1.807, 2.05) is 24.3 Å². The van der Waals surface area contributed by atoms with Crippen LogP contribution >= 0.6 is 0 Å². The van der Waals surface area contributed by atoms with Crippen molar-refractivity contribution in [3.63, 3.8) is 0 Å². The fourth-order valence-corrected chi connectivity index (χ4v) is 6.20. The van der Waals surface area contributed by atoms with Gasteiger partial charge in [0, 0.05) is 31.5 Å². The molecule has 7 nitrogen and oxygen atoms in total. The summed E-state index contributed by atoms with van der Waals surface area (Å²) in [5.41, 5.74) is 7.86. The summed E-state index contributed by atoms with van der Waals surface area (Å²) < 4.78 is 11.7. The molecule has 0 aromatic heterocycles. The number of hydrogen-bond acceptors (Lipinski definition) is 7. The second-order valence-electron chi connectivity index (χ2n) is 11.4. The maximum atomic E-state index is 11.0. The van der Waals surface area contributed by atoms with Crippen LogP contribution in [0.3, 0.4) is 0 Å². The van der Waals surface area contributed by atoms with Crippen molar-refractivity contribution in [2.75, 3.05) is 25.2 Å². The molecule has 0 amide bonds. The number of anilines is 1. The molecule has 3 aromatic carbocycles. The summed E-state index contributed by atoms with van der Waals surface area (Å²) in [6.07, 6.45) is -2.78. The van der Waals surface area contributed by atoms with Gasteiger partial charge in [0.1, 0.15) is 24.4 Å². The fourth-order valence-electron chi connectivity index (χ4n) is 6.20. The topological polar surface area (TPSA) is 103 Å². The maximum Gasteiger partial charge on any atom is 0.224 e. The van der Waals surface area contributed by atoms with E-state index >= 15 is 0 Å². The van der Waals surface area contributed by atoms with Gasteiger partial charge >= 0.3 is 0 Å². The third kappa shape index (κ3) is 5.42. The van der Waals surface area contributed by atoms with Crippen molar-refractivity contribution in [2.24, 2.45) is 0 Å². The number of benzene rings is 3. The first kappa shape index (κ1) is 28.7. The third-order valence-electron chi connectivity index (χ3n) is 8.40. The second kappa shape index (κ2) is 12.0. The molecule has 0 saturated carbocycles. The monoisotopic (exact) mass is 547 g/mol. The zero-order chi connectivity index (χ0) is 28.4. The molecule has 1 saturated heterocycles. The highest BCUT2D eigenvalue weighted by molar-refractivity contribution is 5.58. The molecule has 3 aromatic rings. The summed E-state index contributed by atoms with van der Waals surface area (Å²) in [4.78, 5) is 2.46. The molecule has 5 rings (SSSR count). The van der Waals surface area contributed by atoms with Crippen molar-refractivity contribution < 1.29 is 29.9 Å². The van der Waals surface area contributed by atoms with E-state index in [4.69, 9.17) is 9.47 Å². The Kier molecular flexibility index (Phi) is 8.61. The first-order valence-corrected chi connectivity index (χ1v) is 14.2. The lowest BCUT2D eigenvalue weighted by Crippen LogP contribution is -2.64. The zero-order valence-corrected chi connectivity index (χ0v) is 23.5. The van der Waals surface area contributed by atoms with Crippen LogP contribution in [0.4, 0.5) is 5.69 Å². The molecular weight excluding hydrogens is 506 g/mol. The molecule has 7 heteroatoms. The van der Waals surface area contributed by atoms with Gasteiger partial charge in [0.05, 0.1) is 6.61 Å². The Bertz CT molecular complexity index is 1300. The molecule has 0 aliphatic carbocycles. The maximum absolute atomic E-state index is 11.0. The van der Waals surface area contributed by atoms with E-state index in [0.717, 1.165) is 31.5 Å². The van der Waals surface area contributed by atoms with Crippen molar-refractivity contribution >= 4 is 5.69 Å². The Morgan fingerprint density at radius 1 is 0.975 bits per heavy atom. The summed E-state index contributed by atoms with van der Waals surface area (Å²) in [7, 11) is 1.39. The van der Waals surface area contributed by atoms with Gasteiger partial charge in [-0.3, -0.25) is 0 Å². The first-order valence-electron chi connectivity index (χ1n) is 14.2. The number of methoxy groups -OCH3 is 1. The van der Waals surface area contributed by atoms with E-state index < -0.39 is 36.8 Å². The number of hydrogen-bond donors (Lipinski definition) is 4. The second-order valence-corrected chi connectivity index (χ2v) is 11.4. The molecule has 0 unspecified atom stereocenters. The van der Waals surface area contributed by atoms with Crippen LogP contribution in [-0.2, 0) is 34.6 Å². The summed E-state index contributed by atoms with van der Waals surface area (Å²) >= 11 is 0. The lowest BCUT2D eigenvalue weighted by molar-refractivity contribution is -0.366. The molecular formula is C33H41NO6. The van der Waals surface area contributed by atoms with E-state index in [9.17, 15) is 20.4 Å². The van der Waals surface area contributed by atoms with Gasteiger partial charge in [-0.15, -0.1) is 0 Å². The highest BCUT2D eigenvalue weighted by atomic mass is 16.7. The Labute approximate surface area is 236 Å². The summed E-state index contributed by atoms with van der Waals surface area (Å²) in [6.45, 7) is 5.65. The van der Waals surface area contributed by atoms with Crippen molar-refractivity contribution in [3.05, 3.63) is 100 Å². The number of ether oxygens (including phenoxy) is 2. The molecule has 1 fully saturated rings. The first-order chi connectivity index (χ1) is 19.3. The Morgan fingerprint density at radius 3 is 2.45 bits per heavy atom. The van der Waals surface area contributed by atoms with E-state index in [-0.39, 0.29) is 5.92 Å². The lowest BCUT2D eigenvalue weighted by atomic mass is 9.84. The summed E-state index contributed by atoms with van der Waals surface area (Å²) in [6, 6.07) is 23.1. The van der Waals surface area contributed by atoms with Gasteiger partial charge in [-0.1, -0.05) is 68.4 Å². The van der Waals surface area contributed by atoms with Gasteiger partial charge in [0.15, 0.2) is 0 Å². The molecule has 2 aliphatic rings. The molecule has 0 radical (unpaired) electrons. The highest BCUT2D eigenvalue weighted by Crippen LogP contribution is 2.41. The Morgan fingerprint density at radius 2 is 1.75 bits per heavy atom. The van der Waals surface area contributed by atoms with Gasteiger partial charge < -0.3 is 34.8 Å². The molecule has 5 atom stereocenters. The molecule has 214 valence electrons. The Hall–Kier alpha value is -2.78. The standard InChI is InChI=1S/C33H41NO6/c1-21(2)27-14-13-26(33(39-3)32(38)31(37)30(36)29(20-35)40-33)18-25(27)16-23-11-12-24-10-7-15-34(28(24)17-23)19-22-8-5-4-6-9-22/h4-6,8-9,11-14,17-18,21,29-32,35-38H,7,10,15-16,19-20H2,1-3H3/t29-,30-,31+,32-,33+/m1/s1. The molecule has 2 aliphatic heterocycles. The average molecular weight is 548 g/mol. The molecule has 2 heterocycles. The zero-order valence-electron chi connectivity index (χ0n) is 23.5. The van der Waals surface area contributed by atoms with Gasteiger partial charge in [-0.2, -0.15) is 0 Å². The van der Waals surface area contributed by atoms with Crippen molar-refractivity contribution in [3.8, 4) is 0 Å². The minimum Gasteiger partial charge on any atom is -0.394 e. The minimum atomic E-state index is -1.74. The number of aryl methyl sites for hydroxylation is 1. The lowest BCUT2D eigenvalue weighted by Gasteiger charge is -2.47. The van der Waals surface area contributed by atoms with Crippen LogP contribution in [0.2, 0.25) is 0 Å². The molecule has 40 heavy (non-hydrogen) atoms. The highest BCUT2D eigenvalue weighted by Gasteiger charge is 2.55. The van der Waals surface area contributed by atoms with E-state index in [1.54, 1.807) is 0 Å². The van der Waals surface area contributed by atoms with Crippen molar-refractivity contribution in [2.45, 2.75) is 75.8 Å². The fraction of sp³-hybridized carbons (Fsp3) is 0.455. The van der Waals surface area contributed by atoms with Crippen LogP contribution in [0.25, 0.3) is 0 Å². The third-order valence-corrected chi connectivity index (χ3v) is 8.40. The van der Waals surface area contributed by atoms with Crippen LogP contribution in [0.1, 0.15) is 59.6 Å². The van der Waals surface area contributed by atoms with E-state index in [0.29, 0.717) is 12.0 Å². The number of nitrogens with zero attached hydrogens (tertiary/aromatic N) is 1. The Balaban J connectivity index is 1.50. The predicted octanol–water partition coefficient (Wildman–Crippen LogP) is 3.63. The van der Waals surface area contributed by atoms with E-state index in [2.05, 4.69) is 61.2 Å². The predicted molar refractivity (Wildman–Crippen MR) is 154 cm³/mol. The number of aliphatic hydroxyl groups excluding tert-OH is 4. The SMILES string of the molecule is CO[C@@]1(c2ccc(C(C)C)c(Cc3ccc4c(c3)N(Cc3ccccc3)CCC4)c2)O[C@H](CO)[C@@H](O)[C@H](O)[C@H]1O. The summed E-state index contributed by atoms with van der Waals surface area (Å²) in [5, 5.41) is 41.7. The van der Waals surface area contributed by atoms with Crippen LogP contribution in [-0.4, -0.2) is 65.1 Å². The molecule has 0 spiro atoms. The van der Waals surface area contributed by atoms with Crippen LogP contribution in [0.5, 0.6) is 0 Å². The van der Waals surface area contributed by atoms with Crippen LogP contribution < -0.4 is 4.90 Å². The number of rotatable bonds is 8. The van der Waals surface area contributed by atoms with Crippen LogP contribution in [0, 0.1) is 0 Å². The molecule has 4 N–H and O–H groups in total. The van der Waals surface area contributed by atoms with Crippen molar-refractivity contribution in [1.82, 2.24) is 0 Å². The van der Waals surface area contributed by atoms with E-state index in [1.165, 1.54) is 35.1 Å². The summed E-state index contributed by atoms with van der Waals surface area (Å²) in [5.74, 6) is -1.48. The number of aliphatic hydroxyl groups is 4. The van der Waals surface area contributed by atoms with Gasteiger partial charge in [-0.25, -0.2) is 0 Å². The van der Waals surface area contributed by atoms with Gasteiger partial charge in [-0.05, 0) is 65.1 Å². The van der Waals surface area contributed by atoms with Gasteiger partial charge in [0.2, 0.25) is 5.79 Å². The smallest absolute Gasteiger partial charge is 0.224 e. The minimum absolute atomic E-state index is 0.254. The van der Waals surface area contributed by atoms with Crippen molar-refractivity contribution in [1.29, 1.82) is 0 Å². The quantitative estimate of drug-likeness (QED) is 0.342. The molecule has 0 bridgehead atoms. The average Bonchev–Trinajstić information content (AvgIpc) is 2.97. The largest absolute Gasteiger partial charge is 0.394 e. The number of fused-ring (bicyclic) bond motifs is 1. The normalized spacial score (nSPS) is 26.6. The van der Waals surface area contributed by atoms with Gasteiger partial charge in [0.25, 0.3) is 0 Å². The van der Waals surface area contributed by atoms with Crippen LogP contribution in [0.15, 0.2) is 66.7 Å².